The third-order valence-electron chi connectivity index (χ3n) is 4.67. The van der Waals surface area contributed by atoms with Crippen molar-refractivity contribution in [1.82, 2.24) is 15.4 Å². The van der Waals surface area contributed by atoms with Crippen LogP contribution < -0.4 is 5.32 Å². The zero-order valence-electron chi connectivity index (χ0n) is 14.7. The minimum absolute atomic E-state index is 0.0388. The maximum Gasteiger partial charge on any atom is 0.226 e. The van der Waals surface area contributed by atoms with Gasteiger partial charge in [0.25, 0.3) is 0 Å². The summed E-state index contributed by atoms with van der Waals surface area (Å²) in [7, 11) is 0. The summed E-state index contributed by atoms with van der Waals surface area (Å²) in [5.41, 5.74) is 3.12. The van der Waals surface area contributed by atoms with Crippen molar-refractivity contribution in [1.29, 1.82) is 0 Å². The second-order valence-corrected chi connectivity index (χ2v) is 6.81. The van der Waals surface area contributed by atoms with Gasteiger partial charge in [0.05, 0.1) is 12.1 Å². The Morgan fingerprint density at radius 1 is 1.08 bits per heavy atom. The molecule has 2 heterocycles. The molecule has 1 amide bonds. The number of rotatable bonds is 6. The van der Waals surface area contributed by atoms with E-state index in [-0.39, 0.29) is 12.3 Å². The fraction of sp³-hybridized carbons (Fsp3) is 0.500. The van der Waals surface area contributed by atoms with E-state index in [9.17, 15) is 4.79 Å². The van der Waals surface area contributed by atoms with Crippen LogP contribution in [0.1, 0.15) is 48.9 Å². The Hall–Kier alpha value is -2.14. The molecule has 25 heavy (non-hydrogen) atoms. The van der Waals surface area contributed by atoms with Crippen molar-refractivity contribution in [2.45, 2.75) is 51.6 Å². The fourth-order valence-electron chi connectivity index (χ4n) is 3.32. The van der Waals surface area contributed by atoms with E-state index in [1.807, 2.05) is 0 Å². The molecule has 0 spiro atoms. The maximum atomic E-state index is 12.0. The molecular weight excluding hydrogens is 314 g/mol. The summed E-state index contributed by atoms with van der Waals surface area (Å²) in [6.45, 7) is 3.93. The molecule has 2 aromatic rings. The first-order valence-electron chi connectivity index (χ1n) is 9.26. The molecule has 0 atom stereocenters. The molecule has 0 aliphatic carbocycles. The highest BCUT2D eigenvalue weighted by atomic mass is 16.5. The first-order chi connectivity index (χ1) is 12.3. The van der Waals surface area contributed by atoms with Gasteiger partial charge in [0.1, 0.15) is 6.26 Å². The summed E-state index contributed by atoms with van der Waals surface area (Å²) in [6, 6.07) is 10.2. The predicted octanol–water partition coefficient (Wildman–Crippen LogP) is 3.30. The minimum Gasteiger partial charge on any atom is -0.364 e. The van der Waals surface area contributed by atoms with Gasteiger partial charge in [-0.3, -0.25) is 9.69 Å². The number of likely N-dealkylation sites (tertiary alicyclic amines) is 1. The Bertz CT molecular complexity index is 647. The smallest absolute Gasteiger partial charge is 0.226 e. The third-order valence-corrected chi connectivity index (χ3v) is 4.67. The van der Waals surface area contributed by atoms with E-state index in [1.54, 1.807) is 6.07 Å². The second kappa shape index (κ2) is 9.37. The highest BCUT2D eigenvalue weighted by Crippen LogP contribution is 2.14. The molecule has 1 saturated heterocycles. The van der Waals surface area contributed by atoms with Crippen molar-refractivity contribution in [3.63, 3.8) is 0 Å². The molecule has 1 fully saturated rings. The molecule has 0 saturated carbocycles. The zero-order valence-corrected chi connectivity index (χ0v) is 14.7. The van der Waals surface area contributed by atoms with Crippen LogP contribution in [0, 0.1) is 0 Å². The molecule has 1 aromatic heterocycles. The molecule has 1 N–H and O–H groups in total. The van der Waals surface area contributed by atoms with E-state index in [2.05, 4.69) is 39.6 Å². The van der Waals surface area contributed by atoms with E-state index >= 15 is 0 Å². The lowest BCUT2D eigenvalue weighted by Gasteiger charge is -2.24. The number of carbonyl (C=O) groups excluding carboxylic acids is 1. The summed E-state index contributed by atoms with van der Waals surface area (Å²) in [4.78, 5) is 14.5. The van der Waals surface area contributed by atoms with Crippen molar-refractivity contribution in [3.05, 3.63) is 53.4 Å². The first-order valence-corrected chi connectivity index (χ1v) is 9.26. The van der Waals surface area contributed by atoms with Crippen LogP contribution in [0.15, 0.2) is 41.1 Å². The first kappa shape index (κ1) is 17.7. The Morgan fingerprint density at radius 3 is 2.60 bits per heavy atom. The molecule has 1 aliphatic rings. The average molecular weight is 341 g/mol. The SMILES string of the molecule is O=C(Cc1ccon1)NCc1cccc(CN2CCCCCCC2)c1. The maximum absolute atomic E-state index is 12.0. The summed E-state index contributed by atoms with van der Waals surface area (Å²) >= 11 is 0. The number of carbonyl (C=O) groups is 1. The van der Waals surface area contributed by atoms with Crippen LogP contribution in [-0.4, -0.2) is 29.1 Å². The van der Waals surface area contributed by atoms with Crippen molar-refractivity contribution in [3.8, 4) is 0 Å². The van der Waals surface area contributed by atoms with E-state index in [4.69, 9.17) is 4.52 Å². The third kappa shape index (κ3) is 6.02. The number of amides is 1. The van der Waals surface area contributed by atoms with Gasteiger partial charge in [-0.05, 0) is 37.1 Å². The van der Waals surface area contributed by atoms with Crippen molar-refractivity contribution < 1.29 is 9.32 Å². The highest BCUT2D eigenvalue weighted by molar-refractivity contribution is 5.77. The van der Waals surface area contributed by atoms with E-state index in [1.165, 1.54) is 57.0 Å². The normalized spacial score (nSPS) is 16.2. The largest absolute Gasteiger partial charge is 0.364 e. The lowest BCUT2D eigenvalue weighted by atomic mass is 10.1. The van der Waals surface area contributed by atoms with Crippen molar-refractivity contribution >= 4 is 5.91 Å². The summed E-state index contributed by atoms with van der Waals surface area (Å²) in [5, 5.41) is 6.72. The lowest BCUT2D eigenvalue weighted by molar-refractivity contribution is -0.120. The van der Waals surface area contributed by atoms with Gasteiger partial charge in [-0.2, -0.15) is 0 Å². The molecule has 5 nitrogen and oxygen atoms in total. The highest BCUT2D eigenvalue weighted by Gasteiger charge is 2.10. The van der Waals surface area contributed by atoms with Gasteiger partial charge in [0.15, 0.2) is 0 Å². The number of nitrogens with one attached hydrogen (secondary N) is 1. The standard InChI is InChI=1S/C20H27N3O2/c24-20(14-19-9-12-25-22-19)21-15-17-7-6-8-18(13-17)16-23-10-4-2-1-3-5-11-23/h6-9,12-13H,1-5,10-11,14-16H2,(H,21,24). The molecule has 5 heteroatoms. The fourth-order valence-corrected chi connectivity index (χ4v) is 3.32. The van der Waals surface area contributed by atoms with Crippen LogP contribution in [0.2, 0.25) is 0 Å². The van der Waals surface area contributed by atoms with Gasteiger partial charge >= 0.3 is 0 Å². The monoisotopic (exact) mass is 341 g/mol. The Balaban J connectivity index is 1.49. The minimum atomic E-state index is -0.0388. The predicted molar refractivity (Wildman–Crippen MR) is 96.9 cm³/mol. The molecule has 3 rings (SSSR count). The number of benzene rings is 1. The van der Waals surface area contributed by atoms with Crippen LogP contribution in [0.3, 0.4) is 0 Å². The Labute approximate surface area is 149 Å². The molecule has 0 radical (unpaired) electrons. The number of hydrogen-bond donors (Lipinski definition) is 1. The van der Waals surface area contributed by atoms with Crippen LogP contribution >= 0.6 is 0 Å². The van der Waals surface area contributed by atoms with Crippen LogP contribution in [-0.2, 0) is 24.3 Å². The quantitative estimate of drug-likeness (QED) is 0.876. The summed E-state index contributed by atoms with van der Waals surface area (Å²) in [6.07, 6.45) is 8.44. The van der Waals surface area contributed by atoms with Crippen molar-refractivity contribution in [2.75, 3.05) is 13.1 Å². The Kier molecular flexibility index (Phi) is 6.63. The molecular formula is C20H27N3O2. The van der Waals surface area contributed by atoms with Crippen LogP contribution in [0.25, 0.3) is 0 Å². The van der Waals surface area contributed by atoms with Gasteiger partial charge in [-0.15, -0.1) is 0 Å². The topological polar surface area (TPSA) is 58.4 Å². The average Bonchev–Trinajstić information content (AvgIpc) is 3.09. The van der Waals surface area contributed by atoms with Crippen LogP contribution in [0.5, 0.6) is 0 Å². The van der Waals surface area contributed by atoms with Gasteiger partial charge in [0, 0.05) is 19.2 Å². The Morgan fingerprint density at radius 2 is 1.84 bits per heavy atom. The van der Waals surface area contributed by atoms with Gasteiger partial charge < -0.3 is 9.84 Å². The van der Waals surface area contributed by atoms with Gasteiger partial charge in [-0.1, -0.05) is 48.7 Å². The van der Waals surface area contributed by atoms with E-state index < -0.39 is 0 Å². The number of hydrogen-bond acceptors (Lipinski definition) is 4. The van der Waals surface area contributed by atoms with E-state index in [0.717, 1.165) is 12.1 Å². The molecule has 0 unspecified atom stereocenters. The van der Waals surface area contributed by atoms with E-state index in [0.29, 0.717) is 12.2 Å². The second-order valence-electron chi connectivity index (χ2n) is 6.81. The van der Waals surface area contributed by atoms with Gasteiger partial charge in [-0.25, -0.2) is 0 Å². The number of aromatic nitrogens is 1. The molecule has 134 valence electrons. The molecule has 1 aliphatic heterocycles. The zero-order chi connectivity index (χ0) is 17.3. The lowest BCUT2D eigenvalue weighted by Crippen LogP contribution is -2.27. The summed E-state index contributed by atoms with van der Waals surface area (Å²) < 4.78 is 4.75. The van der Waals surface area contributed by atoms with Crippen LogP contribution in [0.4, 0.5) is 0 Å². The molecule has 0 bridgehead atoms. The van der Waals surface area contributed by atoms with Crippen molar-refractivity contribution in [2.24, 2.45) is 0 Å². The summed E-state index contributed by atoms with van der Waals surface area (Å²) in [5.74, 6) is -0.0388. The molecule has 1 aromatic carbocycles. The van der Waals surface area contributed by atoms with Gasteiger partial charge in [0.2, 0.25) is 5.91 Å². The number of nitrogens with zero attached hydrogens (tertiary/aromatic N) is 2.